The maximum Gasteiger partial charge on any atom is 0.220 e. The number of nitrogens with zero attached hydrogens (tertiary/aromatic N) is 2. The van der Waals surface area contributed by atoms with Crippen molar-refractivity contribution < 1.29 is 14.0 Å². The molecule has 1 unspecified atom stereocenters. The molecule has 1 fully saturated rings. The summed E-state index contributed by atoms with van der Waals surface area (Å²) in [6.45, 7) is 7.95. The van der Waals surface area contributed by atoms with E-state index in [1.54, 1.807) is 25.1 Å². The monoisotopic (exact) mass is 335 g/mol. The molecule has 0 radical (unpaired) electrons. The van der Waals surface area contributed by atoms with Gasteiger partial charge < -0.3 is 10.2 Å². The molecule has 6 heteroatoms. The average Bonchev–Trinajstić information content (AvgIpc) is 2.55. The summed E-state index contributed by atoms with van der Waals surface area (Å²) in [4.78, 5) is 27.4. The highest BCUT2D eigenvalue weighted by atomic mass is 19.1. The van der Waals surface area contributed by atoms with Crippen molar-refractivity contribution in [2.24, 2.45) is 0 Å². The third-order valence-electron chi connectivity index (χ3n) is 4.50. The summed E-state index contributed by atoms with van der Waals surface area (Å²) in [5.74, 6) is -0.357. The van der Waals surface area contributed by atoms with Crippen LogP contribution in [-0.4, -0.2) is 60.9 Å². The van der Waals surface area contributed by atoms with E-state index < -0.39 is 0 Å². The third kappa shape index (κ3) is 5.30. The average molecular weight is 335 g/mol. The smallest absolute Gasteiger partial charge is 0.220 e. The molecule has 2 rings (SSSR count). The number of hydrogen-bond acceptors (Lipinski definition) is 3. The number of hydrogen-bond donors (Lipinski definition) is 1. The van der Waals surface area contributed by atoms with Gasteiger partial charge in [-0.25, -0.2) is 4.39 Å². The zero-order chi connectivity index (χ0) is 17.5. The molecule has 0 bridgehead atoms. The van der Waals surface area contributed by atoms with Gasteiger partial charge in [0.25, 0.3) is 0 Å². The molecule has 1 atom stereocenters. The molecule has 1 aromatic rings. The highest BCUT2D eigenvalue weighted by Crippen LogP contribution is 2.21. The molecule has 0 aliphatic carbocycles. The first-order valence-corrected chi connectivity index (χ1v) is 8.46. The zero-order valence-corrected chi connectivity index (χ0v) is 14.4. The van der Waals surface area contributed by atoms with E-state index in [0.717, 1.165) is 32.7 Å². The van der Waals surface area contributed by atoms with Gasteiger partial charge in [0.1, 0.15) is 5.82 Å². The van der Waals surface area contributed by atoms with Gasteiger partial charge in [0, 0.05) is 52.6 Å². The lowest BCUT2D eigenvalue weighted by molar-refractivity contribution is -0.130. The van der Waals surface area contributed by atoms with Crippen molar-refractivity contribution in [3.05, 3.63) is 35.6 Å². The predicted molar refractivity (Wildman–Crippen MR) is 91.1 cm³/mol. The van der Waals surface area contributed by atoms with E-state index in [4.69, 9.17) is 0 Å². The Kier molecular flexibility index (Phi) is 6.73. The second-order valence-electron chi connectivity index (χ2n) is 6.32. The number of benzene rings is 1. The van der Waals surface area contributed by atoms with Crippen molar-refractivity contribution >= 4 is 11.8 Å². The van der Waals surface area contributed by atoms with Gasteiger partial charge >= 0.3 is 0 Å². The van der Waals surface area contributed by atoms with Crippen LogP contribution in [0.5, 0.6) is 0 Å². The van der Waals surface area contributed by atoms with E-state index in [2.05, 4.69) is 10.2 Å². The third-order valence-corrected chi connectivity index (χ3v) is 4.50. The molecule has 0 spiro atoms. The lowest BCUT2D eigenvalue weighted by atomic mass is 9.97. The Hall–Kier alpha value is -1.95. The minimum atomic E-state index is -0.263. The number of carbonyl (C=O) groups is 2. The van der Waals surface area contributed by atoms with E-state index in [1.165, 1.54) is 6.07 Å². The number of rotatable bonds is 6. The minimum absolute atomic E-state index is 0.0619. The van der Waals surface area contributed by atoms with Gasteiger partial charge in [-0.1, -0.05) is 25.1 Å². The van der Waals surface area contributed by atoms with Crippen LogP contribution in [-0.2, 0) is 9.59 Å². The Morgan fingerprint density at radius 1 is 1.21 bits per heavy atom. The summed E-state index contributed by atoms with van der Waals surface area (Å²) in [5.41, 5.74) is 0.577. The highest BCUT2D eigenvalue weighted by Gasteiger charge is 2.18. The topological polar surface area (TPSA) is 52.7 Å². The number of piperazine rings is 1. The second-order valence-corrected chi connectivity index (χ2v) is 6.32. The van der Waals surface area contributed by atoms with Crippen LogP contribution >= 0.6 is 0 Å². The molecule has 1 heterocycles. The van der Waals surface area contributed by atoms with Gasteiger partial charge in [0.15, 0.2) is 0 Å². The fraction of sp³-hybridized carbons (Fsp3) is 0.556. The van der Waals surface area contributed by atoms with Gasteiger partial charge in [-0.2, -0.15) is 0 Å². The Bertz CT molecular complexity index is 571. The van der Waals surface area contributed by atoms with Gasteiger partial charge in [0.2, 0.25) is 11.8 Å². The van der Waals surface area contributed by atoms with Crippen molar-refractivity contribution in [1.29, 1.82) is 0 Å². The van der Waals surface area contributed by atoms with Crippen LogP contribution < -0.4 is 5.32 Å². The van der Waals surface area contributed by atoms with E-state index in [1.807, 2.05) is 11.8 Å². The van der Waals surface area contributed by atoms with Gasteiger partial charge in [-0.05, 0) is 17.5 Å². The molecule has 1 aromatic carbocycles. The van der Waals surface area contributed by atoms with Crippen molar-refractivity contribution in [2.75, 3.05) is 39.3 Å². The molecule has 132 valence electrons. The van der Waals surface area contributed by atoms with Gasteiger partial charge in [-0.15, -0.1) is 0 Å². The number of amides is 2. The molecule has 0 saturated carbocycles. The molecular weight excluding hydrogens is 309 g/mol. The summed E-state index contributed by atoms with van der Waals surface area (Å²) >= 11 is 0. The predicted octanol–water partition coefficient (Wildman–Crippen LogP) is 1.60. The summed E-state index contributed by atoms with van der Waals surface area (Å²) in [5, 5.41) is 2.90. The van der Waals surface area contributed by atoms with Crippen LogP contribution in [0.1, 0.15) is 31.7 Å². The summed E-state index contributed by atoms with van der Waals surface area (Å²) in [6.07, 6.45) is 0.277. The summed E-state index contributed by atoms with van der Waals surface area (Å²) in [7, 11) is 0. The van der Waals surface area contributed by atoms with Crippen molar-refractivity contribution in [3.63, 3.8) is 0 Å². The van der Waals surface area contributed by atoms with Crippen LogP contribution in [0.3, 0.4) is 0 Å². The molecule has 1 aliphatic heterocycles. The molecule has 1 aliphatic rings. The van der Waals surface area contributed by atoms with E-state index >= 15 is 0 Å². The Morgan fingerprint density at radius 2 is 1.88 bits per heavy atom. The Balaban J connectivity index is 1.67. The second kappa shape index (κ2) is 8.78. The van der Waals surface area contributed by atoms with Gasteiger partial charge in [-0.3, -0.25) is 14.5 Å². The maximum absolute atomic E-state index is 13.7. The maximum atomic E-state index is 13.7. The summed E-state index contributed by atoms with van der Waals surface area (Å²) in [6, 6.07) is 6.58. The normalized spacial score (nSPS) is 16.7. The van der Waals surface area contributed by atoms with Crippen LogP contribution in [0.25, 0.3) is 0 Å². The number of nitrogens with one attached hydrogen (secondary N) is 1. The van der Waals surface area contributed by atoms with Crippen molar-refractivity contribution in [1.82, 2.24) is 15.1 Å². The van der Waals surface area contributed by atoms with E-state index in [-0.39, 0.29) is 30.0 Å². The Morgan fingerprint density at radius 3 is 2.50 bits per heavy atom. The lowest BCUT2D eigenvalue weighted by Gasteiger charge is -2.34. The molecule has 1 N–H and O–H groups in total. The fourth-order valence-electron chi connectivity index (χ4n) is 2.97. The largest absolute Gasteiger partial charge is 0.355 e. The molecule has 24 heavy (non-hydrogen) atoms. The molecule has 5 nitrogen and oxygen atoms in total. The first-order chi connectivity index (χ1) is 11.5. The lowest BCUT2D eigenvalue weighted by Crippen LogP contribution is -2.49. The summed E-state index contributed by atoms with van der Waals surface area (Å²) < 4.78 is 13.7. The minimum Gasteiger partial charge on any atom is -0.355 e. The molecular formula is C18H26FN3O2. The zero-order valence-electron chi connectivity index (χ0n) is 14.4. The Labute approximate surface area is 142 Å². The van der Waals surface area contributed by atoms with E-state index in [9.17, 15) is 14.0 Å². The molecule has 1 saturated heterocycles. The van der Waals surface area contributed by atoms with Crippen molar-refractivity contribution in [2.45, 2.75) is 26.2 Å². The van der Waals surface area contributed by atoms with E-state index in [0.29, 0.717) is 12.1 Å². The standard InChI is InChI=1S/C18H26FN3O2/c1-14(16-5-3-4-6-17(16)19)13-18(24)20-7-8-21-9-11-22(12-10-21)15(2)23/h3-6,14H,7-13H2,1-2H3,(H,20,24). The van der Waals surface area contributed by atoms with Crippen LogP contribution in [0.2, 0.25) is 0 Å². The number of halogens is 1. The SMILES string of the molecule is CC(=O)N1CCN(CCNC(=O)CC(C)c2ccccc2F)CC1. The molecule has 0 aromatic heterocycles. The first kappa shape index (κ1) is 18.4. The first-order valence-electron chi connectivity index (χ1n) is 8.46. The quantitative estimate of drug-likeness (QED) is 0.859. The highest BCUT2D eigenvalue weighted by molar-refractivity contribution is 5.76. The number of carbonyl (C=O) groups excluding carboxylic acids is 2. The van der Waals surface area contributed by atoms with Crippen molar-refractivity contribution in [3.8, 4) is 0 Å². The van der Waals surface area contributed by atoms with Crippen LogP contribution in [0.15, 0.2) is 24.3 Å². The fourth-order valence-corrected chi connectivity index (χ4v) is 2.97. The van der Waals surface area contributed by atoms with Crippen LogP contribution in [0.4, 0.5) is 4.39 Å². The van der Waals surface area contributed by atoms with Gasteiger partial charge in [0.05, 0.1) is 0 Å². The van der Waals surface area contributed by atoms with Crippen LogP contribution in [0, 0.1) is 5.82 Å². The molecule has 2 amide bonds.